The molecule has 0 heterocycles. The molecular formula is C21H34O3. The van der Waals surface area contributed by atoms with Gasteiger partial charge in [-0.15, -0.1) is 0 Å². The highest BCUT2D eigenvalue weighted by Crippen LogP contribution is 2.16. The topological polar surface area (TPSA) is 46.5 Å². The molecule has 0 aliphatic rings. The predicted molar refractivity (Wildman–Crippen MR) is 99.1 cm³/mol. The third-order valence-corrected chi connectivity index (χ3v) is 4.39. The fourth-order valence-corrected chi connectivity index (χ4v) is 2.89. The Labute approximate surface area is 147 Å². The Morgan fingerprint density at radius 2 is 1.58 bits per heavy atom. The van der Waals surface area contributed by atoms with Gasteiger partial charge in [0.15, 0.2) is 0 Å². The number of aliphatic carboxylic acids is 1. The Morgan fingerprint density at radius 1 is 0.958 bits per heavy atom. The zero-order chi connectivity index (χ0) is 17.5. The first-order chi connectivity index (χ1) is 11.7. The highest BCUT2D eigenvalue weighted by Gasteiger charge is 2.11. The molecule has 1 atom stereocenters. The molecule has 0 fully saturated rings. The number of hydrogen-bond acceptors (Lipinski definition) is 2. The molecular weight excluding hydrogens is 300 g/mol. The molecule has 0 saturated carbocycles. The van der Waals surface area contributed by atoms with E-state index in [2.05, 4.69) is 6.92 Å². The van der Waals surface area contributed by atoms with Crippen LogP contribution in [0.5, 0.6) is 0 Å². The van der Waals surface area contributed by atoms with Crippen LogP contribution < -0.4 is 0 Å². The number of carboxylic acids is 1. The standard InChI is InChI=1S/C21H34O3/c1-2-3-4-5-6-7-8-12-15-20(16-17-21(22)23)24-18-19-13-10-9-11-14-19/h9-11,13-14,20H,2-8,12,15-18H2,1H3,(H,22,23)/t20-/m1/s1. The minimum Gasteiger partial charge on any atom is -0.481 e. The van der Waals surface area contributed by atoms with E-state index < -0.39 is 5.97 Å². The summed E-state index contributed by atoms with van der Waals surface area (Å²) in [5, 5.41) is 8.90. The fourth-order valence-electron chi connectivity index (χ4n) is 2.89. The summed E-state index contributed by atoms with van der Waals surface area (Å²) >= 11 is 0. The molecule has 1 rings (SSSR count). The minimum absolute atomic E-state index is 0.0568. The van der Waals surface area contributed by atoms with Crippen molar-refractivity contribution in [3.8, 4) is 0 Å². The average molecular weight is 334 g/mol. The van der Waals surface area contributed by atoms with Gasteiger partial charge in [-0.05, 0) is 18.4 Å². The van der Waals surface area contributed by atoms with Crippen molar-refractivity contribution in [2.24, 2.45) is 0 Å². The van der Waals surface area contributed by atoms with Gasteiger partial charge in [-0.25, -0.2) is 0 Å². The monoisotopic (exact) mass is 334 g/mol. The van der Waals surface area contributed by atoms with Gasteiger partial charge in [-0.1, -0.05) is 88.6 Å². The van der Waals surface area contributed by atoms with Crippen molar-refractivity contribution in [2.75, 3.05) is 0 Å². The van der Waals surface area contributed by atoms with E-state index >= 15 is 0 Å². The molecule has 3 heteroatoms. The molecule has 0 saturated heterocycles. The van der Waals surface area contributed by atoms with Gasteiger partial charge in [0, 0.05) is 6.42 Å². The smallest absolute Gasteiger partial charge is 0.303 e. The van der Waals surface area contributed by atoms with Crippen LogP contribution >= 0.6 is 0 Å². The van der Waals surface area contributed by atoms with E-state index in [1.807, 2.05) is 30.3 Å². The third-order valence-electron chi connectivity index (χ3n) is 4.39. The number of rotatable bonds is 15. The van der Waals surface area contributed by atoms with Crippen LogP contribution in [0.4, 0.5) is 0 Å². The summed E-state index contributed by atoms with van der Waals surface area (Å²) in [5.41, 5.74) is 1.15. The molecule has 0 spiro atoms. The number of benzene rings is 1. The molecule has 0 unspecified atom stereocenters. The van der Waals surface area contributed by atoms with E-state index in [9.17, 15) is 4.79 Å². The number of unbranched alkanes of at least 4 members (excludes halogenated alkanes) is 7. The van der Waals surface area contributed by atoms with Crippen molar-refractivity contribution in [2.45, 2.75) is 90.3 Å². The van der Waals surface area contributed by atoms with Crippen LogP contribution in [-0.4, -0.2) is 17.2 Å². The third kappa shape index (κ3) is 11.2. The maximum Gasteiger partial charge on any atom is 0.303 e. The first-order valence-electron chi connectivity index (χ1n) is 9.59. The normalized spacial score (nSPS) is 12.2. The molecule has 136 valence electrons. The molecule has 0 aliphatic carbocycles. The van der Waals surface area contributed by atoms with Crippen molar-refractivity contribution < 1.29 is 14.6 Å². The zero-order valence-corrected chi connectivity index (χ0v) is 15.2. The van der Waals surface area contributed by atoms with Gasteiger partial charge in [-0.3, -0.25) is 4.79 Å². The molecule has 0 aliphatic heterocycles. The van der Waals surface area contributed by atoms with Gasteiger partial charge >= 0.3 is 5.97 Å². The van der Waals surface area contributed by atoms with Crippen LogP contribution in [-0.2, 0) is 16.1 Å². The molecule has 1 aromatic rings. The maximum absolute atomic E-state index is 10.8. The summed E-state index contributed by atoms with van der Waals surface area (Å²) in [5.74, 6) is -0.737. The Bertz CT molecular complexity index is 416. The Balaban J connectivity index is 2.20. The van der Waals surface area contributed by atoms with E-state index in [1.54, 1.807) is 0 Å². The van der Waals surface area contributed by atoms with Gasteiger partial charge in [0.1, 0.15) is 0 Å². The number of hydrogen-bond donors (Lipinski definition) is 1. The molecule has 3 nitrogen and oxygen atoms in total. The summed E-state index contributed by atoms with van der Waals surface area (Å²) in [4.78, 5) is 10.8. The molecule has 0 bridgehead atoms. The zero-order valence-electron chi connectivity index (χ0n) is 15.2. The molecule has 1 N–H and O–H groups in total. The average Bonchev–Trinajstić information content (AvgIpc) is 2.59. The van der Waals surface area contributed by atoms with Gasteiger partial charge in [-0.2, -0.15) is 0 Å². The van der Waals surface area contributed by atoms with Crippen LogP contribution in [0.3, 0.4) is 0 Å². The lowest BCUT2D eigenvalue weighted by Crippen LogP contribution is -2.15. The Hall–Kier alpha value is -1.35. The van der Waals surface area contributed by atoms with Gasteiger partial charge in [0.2, 0.25) is 0 Å². The van der Waals surface area contributed by atoms with Crippen LogP contribution in [0.1, 0.15) is 83.1 Å². The molecule has 1 aromatic carbocycles. The highest BCUT2D eigenvalue weighted by atomic mass is 16.5. The fraction of sp³-hybridized carbons (Fsp3) is 0.667. The maximum atomic E-state index is 10.8. The lowest BCUT2D eigenvalue weighted by atomic mass is 10.0. The van der Waals surface area contributed by atoms with E-state index in [4.69, 9.17) is 9.84 Å². The Kier molecular flexibility index (Phi) is 12.1. The lowest BCUT2D eigenvalue weighted by molar-refractivity contribution is -0.138. The predicted octanol–water partition coefficient (Wildman–Crippen LogP) is 5.97. The van der Waals surface area contributed by atoms with E-state index in [1.165, 1.54) is 44.9 Å². The number of carbonyl (C=O) groups is 1. The van der Waals surface area contributed by atoms with Crippen molar-refractivity contribution >= 4 is 5.97 Å². The van der Waals surface area contributed by atoms with Crippen molar-refractivity contribution in [1.82, 2.24) is 0 Å². The second-order valence-electron chi connectivity index (χ2n) is 6.61. The van der Waals surface area contributed by atoms with Crippen LogP contribution in [0.15, 0.2) is 30.3 Å². The first-order valence-corrected chi connectivity index (χ1v) is 9.59. The molecule has 0 amide bonds. The van der Waals surface area contributed by atoms with Crippen molar-refractivity contribution in [3.63, 3.8) is 0 Å². The SMILES string of the molecule is CCCCCCCCCC[C@H](CCC(=O)O)OCc1ccccc1. The number of carboxylic acid groups (broad SMARTS) is 1. The molecule has 0 radical (unpaired) electrons. The van der Waals surface area contributed by atoms with Crippen LogP contribution in [0.2, 0.25) is 0 Å². The summed E-state index contributed by atoms with van der Waals surface area (Å²) < 4.78 is 5.97. The largest absolute Gasteiger partial charge is 0.481 e. The van der Waals surface area contributed by atoms with E-state index in [0.717, 1.165) is 18.4 Å². The van der Waals surface area contributed by atoms with E-state index in [-0.39, 0.29) is 12.5 Å². The minimum atomic E-state index is -0.737. The quantitative estimate of drug-likeness (QED) is 0.402. The van der Waals surface area contributed by atoms with Gasteiger partial charge < -0.3 is 9.84 Å². The van der Waals surface area contributed by atoms with Crippen LogP contribution in [0, 0.1) is 0 Å². The summed E-state index contributed by atoms with van der Waals surface area (Å²) in [6.07, 6.45) is 12.1. The number of ether oxygens (including phenoxy) is 1. The van der Waals surface area contributed by atoms with Gasteiger partial charge in [0.25, 0.3) is 0 Å². The van der Waals surface area contributed by atoms with E-state index in [0.29, 0.717) is 13.0 Å². The summed E-state index contributed by atoms with van der Waals surface area (Å²) in [6, 6.07) is 10.1. The summed E-state index contributed by atoms with van der Waals surface area (Å²) in [6.45, 7) is 2.81. The molecule has 24 heavy (non-hydrogen) atoms. The Morgan fingerprint density at radius 3 is 2.21 bits per heavy atom. The second kappa shape index (κ2) is 14.0. The molecule has 0 aromatic heterocycles. The van der Waals surface area contributed by atoms with Crippen molar-refractivity contribution in [3.05, 3.63) is 35.9 Å². The van der Waals surface area contributed by atoms with Crippen LogP contribution in [0.25, 0.3) is 0 Å². The highest BCUT2D eigenvalue weighted by molar-refractivity contribution is 5.66. The summed E-state index contributed by atoms with van der Waals surface area (Å²) in [7, 11) is 0. The first kappa shape index (κ1) is 20.7. The van der Waals surface area contributed by atoms with Gasteiger partial charge in [0.05, 0.1) is 12.7 Å². The second-order valence-corrected chi connectivity index (χ2v) is 6.61. The lowest BCUT2D eigenvalue weighted by Gasteiger charge is -2.17. The van der Waals surface area contributed by atoms with Crippen molar-refractivity contribution in [1.29, 1.82) is 0 Å².